The quantitative estimate of drug-likeness (QED) is 0.216. The van der Waals surface area contributed by atoms with Crippen molar-refractivity contribution in [3.8, 4) is 11.1 Å². The molecule has 0 unspecified atom stereocenters. The van der Waals surface area contributed by atoms with Crippen molar-refractivity contribution in [3.05, 3.63) is 89.7 Å². The first-order valence-electron chi connectivity index (χ1n) is 15.5. The molecule has 0 bridgehead atoms. The molecule has 0 spiro atoms. The molecule has 236 valence electrons. The van der Waals surface area contributed by atoms with E-state index in [1.54, 1.807) is 12.4 Å². The lowest BCUT2D eigenvalue weighted by molar-refractivity contribution is -0.157. The Labute approximate surface area is 263 Å². The molecule has 2 amide bonds. The van der Waals surface area contributed by atoms with Gasteiger partial charge in [0.2, 0.25) is 11.8 Å². The number of nitrogens with one attached hydrogen (secondary N) is 2. The third kappa shape index (κ3) is 10.6. The molecular formula is C37H49N3O4. The average Bonchev–Trinajstić information content (AvgIpc) is 2.94. The first-order valence-corrected chi connectivity index (χ1v) is 15.5. The van der Waals surface area contributed by atoms with E-state index < -0.39 is 28.9 Å². The molecule has 2 aromatic carbocycles. The zero-order valence-electron chi connectivity index (χ0n) is 27.6. The number of nitrogens with zero attached hydrogens (tertiary/aromatic N) is 1. The van der Waals surface area contributed by atoms with Crippen LogP contribution in [0.2, 0.25) is 0 Å². The van der Waals surface area contributed by atoms with Crippen molar-refractivity contribution < 1.29 is 19.1 Å². The second kappa shape index (κ2) is 15.1. The lowest BCUT2D eigenvalue weighted by Gasteiger charge is -2.33. The van der Waals surface area contributed by atoms with Crippen molar-refractivity contribution in [2.45, 2.75) is 98.8 Å². The molecule has 0 saturated carbocycles. The topological polar surface area (TPSA) is 97.4 Å². The molecule has 1 heterocycles. The highest BCUT2D eigenvalue weighted by atomic mass is 16.6. The maximum atomic E-state index is 13.8. The van der Waals surface area contributed by atoms with Crippen LogP contribution in [0, 0.1) is 18.3 Å². The van der Waals surface area contributed by atoms with Gasteiger partial charge in [0.1, 0.15) is 11.6 Å². The van der Waals surface area contributed by atoms with Gasteiger partial charge in [-0.25, -0.2) is 0 Å². The maximum Gasteiger partial charge on any atom is 0.307 e. The van der Waals surface area contributed by atoms with E-state index in [0.29, 0.717) is 12.8 Å². The molecule has 3 aromatic rings. The molecule has 7 heteroatoms. The molecule has 2 N–H and O–H groups in total. The monoisotopic (exact) mass is 599 g/mol. The number of carbonyl (C=O) groups excluding carboxylic acids is 3. The van der Waals surface area contributed by atoms with Crippen molar-refractivity contribution in [2.75, 3.05) is 0 Å². The minimum absolute atomic E-state index is 0.0610. The lowest BCUT2D eigenvalue weighted by atomic mass is 9.85. The third-order valence-corrected chi connectivity index (χ3v) is 7.53. The number of hydrogen-bond acceptors (Lipinski definition) is 5. The van der Waals surface area contributed by atoms with Crippen LogP contribution >= 0.6 is 0 Å². The summed E-state index contributed by atoms with van der Waals surface area (Å²) in [7, 11) is 0. The standard InChI is InChI=1S/C37H49N3O4/c1-25-13-11-16-29(23-25)31-18-10-9-14-28(31)15-12-17-30(24-32(41)44-37(6,7)8)34(42)40-33(36(3,4)5)35(43)39-26(2)27-19-21-38-22-20-27/h9-11,13-14,16,18-23,26,30,33H,12,15,17,24H2,1-8H3,(H,39,43)(H,40,42)/t26-,30-,33-/m1/s1. The Balaban J connectivity index is 1.77. The van der Waals surface area contributed by atoms with Crippen molar-refractivity contribution in [1.29, 1.82) is 0 Å². The molecule has 0 aliphatic heterocycles. The molecule has 44 heavy (non-hydrogen) atoms. The number of carbonyl (C=O) groups is 3. The van der Waals surface area contributed by atoms with Crippen LogP contribution in [0.5, 0.6) is 0 Å². The fourth-order valence-electron chi connectivity index (χ4n) is 5.25. The largest absolute Gasteiger partial charge is 0.460 e. The molecular weight excluding hydrogens is 550 g/mol. The summed E-state index contributed by atoms with van der Waals surface area (Å²) < 4.78 is 5.59. The summed E-state index contributed by atoms with van der Waals surface area (Å²) in [6, 6.07) is 19.3. The summed E-state index contributed by atoms with van der Waals surface area (Å²) in [6.07, 6.45) is 5.21. The Morgan fingerprint density at radius 1 is 0.864 bits per heavy atom. The number of esters is 1. The Morgan fingerprint density at radius 2 is 1.55 bits per heavy atom. The van der Waals surface area contributed by atoms with Crippen LogP contribution in [-0.4, -0.2) is 34.4 Å². The highest BCUT2D eigenvalue weighted by molar-refractivity contribution is 5.90. The van der Waals surface area contributed by atoms with E-state index in [4.69, 9.17) is 4.74 Å². The van der Waals surface area contributed by atoms with Gasteiger partial charge in [-0.1, -0.05) is 74.9 Å². The number of ether oxygens (including phenoxy) is 1. The van der Waals surface area contributed by atoms with Crippen molar-refractivity contribution in [2.24, 2.45) is 11.3 Å². The van der Waals surface area contributed by atoms with E-state index in [0.717, 1.165) is 23.1 Å². The van der Waals surface area contributed by atoms with Crippen LogP contribution < -0.4 is 10.6 Å². The molecule has 0 aliphatic rings. The van der Waals surface area contributed by atoms with Gasteiger partial charge < -0.3 is 15.4 Å². The number of amides is 2. The highest BCUT2D eigenvalue weighted by Gasteiger charge is 2.36. The summed E-state index contributed by atoms with van der Waals surface area (Å²) in [5.74, 6) is -1.68. The summed E-state index contributed by atoms with van der Waals surface area (Å²) in [4.78, 5) is 44.3. The van der Waals surface area contributed by atoms with Crippen molar-refractivity contribution >= 4 is 17.8 Å². The zero-order valence-corrected chi connectivity index (χ0v) is 27.6. The summed E-state index contributed by atoms with van der Waals surface area (Å²) in [5, 5.41) is 6.04. The van der Waals surface area contributed by atoms with E-state index in [9.17, 15) is 14.4 Å². The van der Waals surface area contributed by atoms with Gasteiger partial charge in [-0.2, -0.15) is 0 Å². The Bertz CT molecular complexity index is 1410. The van der Waals surface area contributed by atoms with Gasteiger partial charge in [0.05, 0.1) is 12.5 Å². The number of aryl methyl sites for hydroxylation is 2. The van der Waals surface area contributed by atoms with Crippen LogP contribution in [0.4, 0.5) is 0 Å². The first kappa shape index (κ1) is 34.5. The van der Waals surface area contributed by atoms with Crippen LogP contribution in [0.1, 0.15) is 90.5 Å². The van der Waals surface area contributed by atoms with Crippen LogP contribution in [0.15, 0.2) is 73.1 Å². The first-order chi connectivity index (χ1) is 20.6. The summed E-state index contributed by atoms with van der Waals surface area (Å²) in [6.45, 7) is 15.2. The van der Waals surface area contributed by atoms with Gasteiger partial charge >= 0.3 is 5.97 Å². The number of aromatic nitrogens is 1. The third-order valence-electron chi connectivity index (χ3n) is 7.53. The Morgan fingerprint density at radius 3 is 2.18 bits per heavy atom. The zero-order chi connectivity index (χ0) is 32.5. The van der Waals surface area contributed by atoms with Crippen LogP contribution in [-0.2, 0) is 25.5 Å². The Hall–Kier alpha value is -4.00. The minimum atomic E-state index is -0.803. The molecule has 0 fully saturated rings. The predicted molar refractivity (Wildman–Crippen MR) is 176 cm³/mol. The fourth-order valence-corrected chi connectivity index (χ4v) is 5.25. The molecule has 0 saturated heterocycles. The van der Waals surface area contributed by atoms with Crippen molar-refractivity contribution in [3.63, 3.8) is 0 Å². The molecule has 3 atom stereocenters. The van der Waals surface area contributed by atoms with Gasteiger partial charge in [0.15, 0.2) is 0 Å². The molecule has 0 radical (unpaired) electrons. The van der Waals surface area contributed by atoms with E-state index in [1.807, 2.05) is 72.7 Å². The number of benzene rings is 2. The van der Waals surface area contributed by atoms with Crippen LogP contribution in [0.3, 0.4) is 0 Å². The number of rotatable bonds is 12. The fraction of sp³-hybridized carbons (Fsp3) is 0.459. The van der Waals surface area contributed by atoms with Gasteiger partial charge in [0.25, 0.3) is 0 Å². The second-order valence-corrected chi connectivity index (χ2v) is 13.7. The smallest absolute Gasteiger partial charge is 0.307 e. The minimum Gasteiger partial charge on any atom is -0.460 e. The van der Waals surface area contributed by atoms with Crippen LogP contribution in [0.25, 0.3) is 11.1 Å². The summed E-state index contributed by atoms with van der Waals surface area (Å²) >= 11 is 0. The highest BCUT2D eigenvalue weighted by Crippen LogP contribution is 2.28. The number of hydrogen-bond donors (Lipinski definition) is 2. The number of pyridine rings is 1. The lowest BCUT2D eigenvalue weighted by Crippen LogP contribution is -2.55. The molecule has 0 aliphatic carbocycles. The van der Waals surface area contributed by atoms with Gasteiger partial charge in [-0.05, 0) is 93.7 Å². The van der Waals surface area contributed by atoms with E-state index in [1.165, 1.54) is 11.1 Å². The van der Waals surface area contributed by atoms with Gasteiger partial charge in [0, 0.05) is 18.3 Å². The van der Waals surface area contributed by atoms with E-state index >= 15 is 0 Å². The average molecular weight is 600 g/mol. The molecule has 1 aromatic heterocycles. The second-order valence-electron chi connectivity index (χ2n) is 13.7. The van der Waals surface area contributed by atoms with E-state index in [2.05, 4.69) is 58.9 Å². The maximum absolute atomic E-state index is 13.8. The van der Waals surface area contributed by atoms with Crippen molar-refractivity contribution in [1.82, 2.24) is 15.6 Å². The van der Waals surface area contributed by atoms with Gasteiger partial charge in [-0.15, -0.1) is 0 Å². The Kier molecular flexibility index (Phi) is 11.9. The summed E-state index contributed by atoms with van der Waals surface area (Å²) in [5.41, 5.74) is 4.38. The SMILES string of the molecule is Cc1cccc(-c2ccccc2CCC[C@H](CC(=O)OC(C)(C)C)C(=O)N[C@H](C(=O)N[C@H](C)c2ccncc2)C(C)(C)C)c1. The van der Waals surface area contributed by atoms with Gasteiger partial charge in [-0.3, -0.25) is 19.4 Å². The molecule has 7 nitrogen and oxygen atoms in total. The molecule has 3 rings (SSSR count). The predicted octanol–water partition coefficient (Wildman–Crippen LogP) is 7.14. The normalized spacial score (nSPS) is 13.8. The van der Waals surface area contributed by atoms with E-state index in [-0.39, 0.29) is 24.3 Å².